The van der Waals surface area contributed by atoms with Crippen molar-refractivity contribution in [2.75, 3.05) is 23.4 Å². The third-order valence-corrected chi connectivity index (χ3v) is 4.93. The van der Waals surface area contributed by atoms with E-state index in [0.29, 0.717) is 18.7 Å². The van der Waals surface area contributed by atoms with Crippen molar-refractivity contribution in [1.29, 1.82) is 0 Å². The summed E-state index contributed by atoms with van der Waals surface area (Å²) in [4.78, 5) is 37.3. The van der Waals surface area contributed by atoms with Gasteiger partial charge in [-0.1, -0.05) is 0 Å². The van der Waals surface area contributed by atoms with Gasteiger partial charge in [0.05, 0.1) is 5.56 Å². The molecule has 0 aliphatic carbocycles. The molecule has 1 fully saturated rings. The number of hydrogen-bond donors (Lipinski definition) is 1. The molecule has 0 spiro atoms. The second kappa shape index (κ2) is 9.21. The van der Waals surface area contributed by atoms with Crippen LogP contribution in [0.2, 0.25) is 0 Å². The van der Waals surface area contributed by atoms with Crippen LogP contribution < -0.4 is 10.2 Å². The maximum atomic E-state index is 12.3. The van der Waals surface area contributed by atoms with Crippen molar-refractivity contribution in [2.24, 2.45) is 0 Å². The lowest BCUT2D eigenvalue weighted by Gasteiger charge is -2.16. The molecule has 2 aromatic carbocycles. The molecule has 2 aromatic rings. The van der Waals surface area contributed by atoms with Crippen molar-refractivity contribution >= 4 is 40.9 Å². The van der Waals surface area contributed by atoms with Gasteiger partial charge in [-0.15, -0.1) is 0 Å². The Kier molecular flexibility index (Phi) is 6.66. The highest BCUT2D eigenvalue weighted by Gasteiger charge is 2.29. The molecule has 1 saturated heterocycles. The number of thioether (sulfide) groups is 1. The van der Waals surface area contributed by atoms with E-state index in [9.17, 15) is 27.6 Å². The van der Waals surface area contributed by atoms with Crippen molar-refractivity contribution in [2.45, 2.75) is 23.2 Å². The Morgan fingerprint density at radius 1 is 1.07 bits per heavy atom. The summed E-state index contributed by atoms with van der Waals surface area (Å²) in [7, 11) is 0. The van der Waals surface area contributed by atoms with E-state index in [4.69, 9.17) is 4.74 Å². The zero-order valence-corrected chi connectivity index (χ0v) is 16.4. The molecule has 0 unspecified atom stereocenters. The van der Waals surface area contributed by atoms with E-state index in [1.165, 1.54) is 12.1 Å². The number of benzene rings is 2. The molecule has 2 amide bonds. The predicted octanol–water partition coefficient (Wildman–Crippen LogP) is 4.22. The average Bonchev–Trinajstić information content (AvgIpc) is 3.12. The van der Waals surface area contributed by atoms with Gasteiger partial charge >= 0.3 is 11.5 Å². The number of halogens is 3. The first kappa shape index (κ1) is 21.7. The number of anilines is 2. The molecule has 30 heavy (non-hydrogen) atoms. The molecule has 0 aromatic heterocycles. The first-order chi connectivity index (χ1) is 14.2. The summed E-state index contributed by atoms with van der Waals surface area (Å²) < 4.78 is 41.8. The fourth-order valence-electron chi connectivity index (χ4n) is 2.85. The summed E-state index contributed by atoms with van der Waals surface area (Å²) in [5.74, 6) is -1.34. The SMILES string of the molecule is O=C(COC(=O)c1ccc(SC(F)(F)F)cc1)Nc1ccc(N2CCCC2=O)cc1. The van der Waals surface area contributed by atoms with Gasteiger partial charge in [0.2, 0.25) is 5.91 Å². The van der Waals surface area contributed by atoms with E-state index in [1.807, 2.05) is 0 Å². The highest BCUT2D eigenvalue weighted by atomic mass is 32.2. The maximum absolute atomic E-state index is 12.3. The van der Waals surface area contributed by atoms with Gasteiger partial charge in [-0.05, 0) is 66.7 Å². The number of ether oxygens (including phenoxy) is 1. The number of carbonyl (C=O) groups excluding carboxylic acids is 3. The van der Waals surface area contributed by atoms with Gasteiger partial charge in [-0.2, -0.15) is 13.2 Å². The molecule has 10 heteroatoms. The van der Waals surface area contributed by atoms with Crippen molar-refractivity contribution in [3.8, 4) is 0 Å². The number of nitrogens with zero attached hydrogens (tertiary/aromatic N) is 1. The van der Waals surface area contributed by atoms with Crippen LogP contribution in [0.15, 0.2) is 53.4 Å². The lowest BCUT2D eigenvalue weighted by atomic mass is 10.2. The molecule has 0 radical (unpaired) electrons. The van der Waals surface area contributed by atoms with E-state index in [2.05, 4.69) is 5.32 Å². The van der Waals surface area contributed by atoms with Gasteiger partial charge in [-0.3, -0.25) is 9.59 Å². The summed E-state index contributed by atoms with van der Waals surface area (Å²) in [5, 5.41) is 2.56. The second-order valence-corrected chi connectivity index (χ2v) is 7.53. The molecule has 158 valence electrons. The zero-order chi connectivity index (χ0) is 21.7. The molecular weight excluding hydrogens is 421 g/mol. The van der Waals surface area contributed by atoms with Crippen LogP contribution in [0.25, 0.3) is 0 Å². The Hall–Kier alpha value is -3.01. The first-order valence-electron chi connectivity index (χ1n) is 8.94. The third-order valence-electron chi connectivity index (χ3n) is 4.19. The maximum Gasteiger partial charge on any atom is 0.446 e. The lowest BCUT2D eigenvalue weighted by molar-refractivity contribution is -0.119. The van der Waals surface area contributed by atoms with E-state index >= 15 is 0 Å². The van der Waals surface area contributed by atoms with Gasteiger partial charge < -0.3 is 15.0 Å². The molecule has 0 saturated carbocycles. The van der Waals surface area contributed by atoms with E-state index in [-0.39, 0.29) is 28.1 Å². The molecule has 1 N–H and O–H groups in total. The zero-order valence-electron chi connectivity index (χ0n) is 15.6. The standard InChI is InChI=1S/C20H17F3N2O4S/c21-20(22,23)30-16-9-3-13(4-10-16)19(28)29-12-17(26)24-14-5-7-15(8-6-14)25-11-1-2-18(25)27/h3-10H,1-2,11-12H2,(H,24,26). The van der Waals surface area contributed by atoms with Crippen LogP contribution in [0.4, 0.5) is 24.5 Å². The summed E-state index contributed by atoms with van der Waals surface area (Å²) in [6.07, 6.45) is 1.33. The van der Waals surface area contributed by atoms with Crippen LogP contribution in [0.1, 0.15) is 23.2 Å². The Bertz CT molecular complexity index is 931. The van der Waals surface area contributed by atoms with Crippen LogP contribution in [-0.2, 0) is 14.3 Å². The largest absolute Gasteiger partial charge is 0.452 e. The third kappa shape index (κ3) is 5.99. The van der Waals surface area contributed by atoms with Crippen LogP contribution >= 0.6 is 11.8 Å². The molecule has 6 nitrogen and oxygen atoms in total. The van der Waals surface area contributed by atoms with E-state index < -0.39 is 24.0 Å². The fourth-order valence-corrected chi connectivity index (χ4v) is 3.39. The highest BCUT2D eigenvalue weighted by molar-refractivity contribution is 8.00. The number of esters is 1. The van der Waals surface area contributed by atoms with Crippen LogP contribution in [-0.4, -0.2) is 36.4 Å². The summed E-state index contributed by atoms with van der Waals surface area (Å²) in [6.45, 7) is 0.112. The minimum absolute atomic E-state index is 0.0361. The quantitative estimate of drug-likeness (QED) is 0.540. The number of hydrogen-bond acceptors (Lipinski definition) is 5. The number of nitrogens with one attached hydrogen (secondary N) is 1. The van der Waals surface area contributed by atoms with Gasteiger partial charge in [0.25, 0.3) is 5.91 Å². The molecule has 1 heterocycles. The normalized spacial score (nSPS) is 14.0. The lowest BCUT2D eigenvalue weighted by Crippen LogP contribution is -2.23. The summed E-state index contributed by atoms with van der Waals surface area (Å²) in [5.41, 5.74) is -3.16. The Labute approximate surface area is 174 Å². The molecule has 1 aliphatic rings. The van der Waals surface area contributed by atoms with Gasteiger partial charge in [-0.25, -0.2) is 4.79 Å². The summed E-state index contributed by atoms with van der Waals surface area (Å²) in [6, 6.07) is 11.4. The first-order valence-corrected chi connectivity index (χ1v) is 9.76. The van der Waals surface area contributed by atoms with Gasteiger partial charge in [0.1, 0.15) is 0 Å². The Morgan fingerprint density at radius 2 is 1.73 bits per heavy atom. The predicted molar refractivity (Wildman–Crippen MR) is 105 cm³/mol. The second-order valence-electron chi connectivity index (χ2n) is 6.39. The Balaban J connectivity index is 1.48. The van der Waals surface area contributed by atoms with Crippen molar-refractivity contribution in [1.82, 2.24) is 0 Å². The van der Waals surface area contributed by atoms with Crippen molar-refractivity contribution in [3.05, 3.63) is 54.1 Å². The molecule has 3 rings (SSSR count). The van der Waals surface area contributed by atoms with Crippen molar-refractivity contribution in [3.63, 3.8) is 0 Å². The smallest absolute Gasteiger partial charge is 0.446 e. The minimum Gasteiger partial charge on any atom is -0.452 e. The summed E-state index contributed by atoms with van der Waals surface area (Å²) >= 11 is -0.288. The van der Waals surface area contributed by atoms with Gasteiger partial charge in [0, 0.05) is 29.2 Å². The molecule has 0 bridgehead atoms. The molecular formula is C20H17F3N2O4S. The van der Waals surface area contributed by atoms with Crippen molar-refractivity contribution < 1.29 is 32.3 Å². The number of alkyl halides is 3. The minimum atomic E-state index is -4.41. The molecule has 1 aliphatic heterocycles. The fraction of sp³-hybridized carbons (Fsp3) is 0.250. The topological polar surface area (TPSA) is 75.7 Å². The highest BCUT2D eigenvalue weighted by Crippen LogP contribution is 2.36. The number of carbonyl (C=O) groups is 3. The van der Waals surface area contributed by atoms with E-state index in [1.54, 1.807) is 29.2 Å². The monoisotopic (exact) mass is 438 g/mol. The Morgan fingerprint density at radius 3 is 2.30 bits per heavy atom. The van der Waals surface area contributed by atoms with Crippen LogP contribution in [0.3, 0.4) is 0 Å². The van der Waals surface area contributed by atoms with Crippen LogP contribution in [0.5, 0.6) is 0 Å². The van der Waals surface area contributed by atoms with E-state index in [0.717, 1.165) is 24.2 Å². The van der Waals surface area contributed by atoms with Crippen LogP contribution in [0, 0.1) is 0 Å². The number of rotatable bonds is 6. The van der Waals surface area contributed by atoms with Gasteiger partial charge in [0.15, 0.2) is 6.61 Å². The molecule has 0 atom stereocenters. The average molecular weight is 438 g/mol. The number of amides is 2.